The lowest BCUT2D eigenvalue weighted by Crippen LogP contribution is -2.31. The van der Waals surface area contributed by atoms with Crippen molar-refractivity contribution in [1.29, 1.82) is 0 Å². The zero-order valence-corrected chi connectivity index (χ0v) is 22.3. The van der Waals surface area contributed by atoms with Gasteiger partial charge in [-0.05, 0) is 123 Å². The lowest BCUT2D eigenvalue weighted by molar-refractivity contribution is 0.200. The SMILES string of the molecule is CC1CCC(N(C)C)CC1.CN1CCCCC1.c1ccc(OCCCN2CCCCC2)cc1. The highest BCUT2D eigenvalue weighted by atomic mass is 16.5. The van der Waals surface area contributed by atoms with Gasteiger partial charge in [0.2, 0.25) is 0 Å². The predicted octanol–water partition coefficient (Wildman–Crippen LogP) is 6.17. The molecule has 0 unspecified atom stereocenters. The van der Waals surface area contributed by atoms with E-state index in [9.17, 15) is 0 Å². The summed E-state index contributed by atoms with van der Waals surface area (Å²) >= 11 is 0. The topological polar surface area (TPSA) is 19.0 Å². The number of nitrogens with zero attached hydrogens (tertiary/aromatic N) is 3. The third-order valence-electron chi connectivity index (χ3n) is 7.37. The fraction of sp³-hybridized carbons (Fsp3) is 0.793. The Labute approximate surface area is 205 Å². The Balaban J connectivity index is 0.000000193. The number of hydrogen-bond acceptors (Lipinski definition) is 4. The summed E-state index contributed by atoms with van der Waals surface area (Å²) in [5.41, 5.74) is 0. The fourth-order valence-corrected chi connectivity index (χ4v) is 4.99. The molecule has 0 atom stereocenters. The van der Waals surface area contributed by atoms with E-state index in [1.807, 2.05) is 30.3 Å². The fourth-order valence-electron chi connectivity index (χ4n) is 4.99. The molecule has 1 aliphatic carbocycles. The first-order valence-electron chi connectivity index (χ1n) is 13.8. The van der Waals surface area contributed by atoms with Gasteiger partial charge in [-0.1, -0.05) is 38.0 Å². The Kier molecular flexibility index (Phi) is 14.8. The summed E-state index contributed by atoms with van der Waals surface area (Å²) in [7, 11) is 6.58. The third kappa shape index (κ3) is 13.4. The van der Waals surface area contributed by atoms with Crippen molar-refractivity contribution < 1.29 is 4.74 Å². The quantitative estimate of drug-likeness (QED) is 0.473. The van der Waals surface area contributed by atoms with Crippen LogP contribution in [0.15, 0.2) is 30.3 Å². The molecule has 33 heavy (non-hydrogen) atoms. The summed E-state index contributed by atoms with van der Waals surface area (Å²) in [4.78, 5) is 7.31. The van der Waals surface area contributed by atoms with Crippen LogP contribution in [0.3, 0.4) is 0 Å². The van der Waals surface area contributed by atoms with Crippen LogP contribution in [-0.2, 0) is 0 Å². The monoisotopic (exact) mass is 459 g/mol. The van der Waals surface area contributed by atoms with E-state index >= 15 is 0 Å². The van der Waals surface area contributed by atoms with Gasteiger partial charge in [0.1, 0.15) is 5.75 Å². The Morgan fingerprint density at radius 1 is 0.818 bits per heavy atom. The molecule has 3 aliphatic rings. The molecule has 1 aromatic rings. The molecule has 190 valence electrons. The summed E-state index contributed by atoms with van der Waals surface area (Å²) in [5.74, 6) is 1.97. The third-order valence-corrected chi connectivity index (χ3v) is 7.37. The van der Waals surface area contributed by atoms with Crippen molar-refractivity contribution in [2.75, 3.05) is 60.5 Å². The van der Waals surface area contributed by atoms with Crippen LogP contribution >= 0.6 is 0 Å². The lowest BCUT2D eigenvalue weighted by atomic mass is 9.87. The van der Waals surface area contributed by atoms with E-state index in [1.54, 1.807) is 0 Å². The second kappa shape index (κ2) is 17.4. The van der Waals surface area contributed by atoms with Gasteiger partial charge in [-0.15, -0.1) is 0 Å². The Morgan fingerprint density at radius 2 is 1.39 bits per heavy atom. The normalized spacial score (nSPS) is 24.3. The van der Waals surface area contributed by atoms with Crippen molar-refractivity contribution in [3.8, 4) is 5.75 Å². The summed E-state index contributed by atoms with van der Waals surface area (Å²) in [6.07, 6.45) is 15.3. The standard InChI is InChI=1S/C14H21NO.C9H19N.C6H13N/c1-3-8-14(9-4-1)16-13-7-12-15-10-5-2-6-11-15;1-8-4-6-9(7-5-8)10(2)3;1-7-5-3-2-4-6-7/h1,3-4,8-9H,2,5-7,10-13H2;8-9H,4-7H2,1-3H3;2-6H2,1H3. The molecule has 2 saturated heterocycles. The van der Waals surface area contributed by atoms with Crippen LogP contribution in [0, 0.1) is 5.92 Å². The molecule has 4 nitrogen and oxygen atoms in total. The number of hydrogen-bond donors (Lipinski definition) is 0. The average Bonchev–Trinajstić information content (AvgIpc) is 2.85. The maximum atomic E-state index is 5.67. The number of ether oxygens (including phenoxy) is 1. The zero-order valence-electron chi connectivity index (χ0n) is 22.3. The number of rotatable bonds is 6. The van der Waals surface area contributed by atoms with Gasteiger partial charge >= 0.3 is 0 Å². The second-order valence-electron chi connectivity index (χ2n) is 10.7. The van der Waals surface area contributed by atoms with E-state index in [0.29, 0.717) is 0 Å². The molecule has 0 N–H and O–H groups in total. The summed E-state index contributed by atoms with van der Waals surface area (Å²) < 4.78 is 5.67. The van der Waals surface area contributed by atoms with Gasteiger partial charge < -0.3 is 19.4 Å². The summed E-state index contributed by atoms with van der Waals surface area (Å²) in [5, 5.41) is 0. The molecule has 4 heteroatoms. The van der Waals surface area contributed by atoms with E-state index < -0.39 is 0 Å². The Morgan fingerprint density at radius 3 is 1.91 bits per heavy atom. The molecule has 2 aliphatic heterocycles. The van der Waals surface area contributed by atoms with Crippen molar-refractivity contribution >= 4 is 0 Å². The van der Waals surface area contributed by atoms with Crippen LogP contribution in [0.25, 0.3) is 0 Å². The average molecular weight is 460 g/mol. The highest BCUT2D eigenvalue weighted by molar-refractivity contribution is 5.20. The van der Waals surface area contributed by atoms with Crippen molar-refractivity contribution in [2.24, 2.45) is 5.92 Å². The highest BCUT2D eigenvalue weighted by Gasteiger charge is 2.18. The largest absolute Gasteiger partial charge is 0.494 e. The van der Waals surface area contributed by atoms with E-state index in [2.05, 4.69) is 42.8 Å². The van der Waals surface area contributed by atoms with E-state index in [-0.39, 0.29) is 0 Å². The number of para-hydroxylation sites is 1. The minimum Gasteiger partial charge on any atom is -0.494 e. The first-order valence-corrected chi connectivity index (χ1v) is 13.8. The lowest BCUT2D eigenvalue weighted by Gasteiger charge is -2.30. The predicted molar refractivity (Wildman–Crippen MR) is 143 cm³/mol. The zero-order chi connectivity index (χ0) is 23.7. The van der Waals surface area contributed by atoms with Crippen LogP contribution in [0.2, 0.25) is 0 Å². The Bertz CT molecular complexity index is 559. The molecule has 0 spiro atoms. The van der Waals surface area contributed by atoms with Gasteiger partial charge in [0.25, 0.3) is 0 Å². The number of benzene rings is 1. The summed E-state index contributed by atoms with van der Waals surface area (Å²) in [6.45, 7) is 9.59. The molecule has 0 aromatic heterocycles. The molecule has 1 saturated carbocycles. The minimum atomic E-state index is 0.834. The van der Waals surface area contributed by atoms with Crippen LogP contribution in [0.1, 0.15) is 77.6 Å². The van der Waals surface area contributed by atoms with E-state index in [0.717, 1.165) is 30.7 Å². The molecule has 1 aromatic carbocycles. The van der Waals surface area contributed by atoms with Crippen molar-refractivity contribution in [3.63, 3.8) is 0 Å². The Hall–Kier alpha value is -1.10. The second-order valence-corrected chi connectivity index (χ2v) is 10.7. The number of piperidine rings is 2. The highest BCUT2D eigenvalue weighted by Crippen LogP contribution is 2.25. The molecule has 0 amide bonds. The van der Waals surface area contributed by atoms with Gasteiger partial charge in [0, 0.05) is 12.6 Å². The van der Waals surface area contributed by atoms with E-state index in [1.165, 1.54) is 96.9 Å². The van der Waals surface area contributed by atoms with Crippen LogP contribution in [0.5, 0.6) is 5.75 Å². The van der Waals surface area contributed by atoms with Crippen LogP contribution in [-0.4, -0.2) is 81.2 Å². The smallest absolute Gasteiger partial charge is 0.119 e. The van der Waals surface area contributed by atoms with Crippen LogP contribution in [0.4, 0.5) is 0 Å². The van der Waals surface area contributed by atoms with Gasteiger partial charge in [0.15, 0.2) is 0 Å². The molecule has 0 bridgehead atoms. The van der Waals surface area contributed by atoms with Crippen molar-refractivity contribution in [2.45, 2.75) is 83.6 Å². The molecule has 2 heterocycles. The van der Waals surface area contributed by atoms with Gasteiger partial charge in [0.05, 0.1) is 6.61 Å². The molecule has 4 rings (SSSR count). The molecular formula is C29H53N3O. The first kappa shape index (κ1) is 28.1. The molecule has 0 radical (unpaired) electrons. The maximum absolute atomic E-state index is 5.67. The van der Waals surface area contributed by atoms with E-state index in [4.69, 9.17) is 4.74 Å². The van der Waals surface area contributed by atoms with Gasteiger partial charge in [-0.3, -0.25) is 0 Å². The molecule has 3 fully saturated rings. The van der Waals surface area contributed by atoms with Gasteiger partial charge in [-0.2, -0.15) is 0 Å². The van der Waals surface area contributed by atoms with Crippen molar-refractivity contribution in [1.82, 2.24) is 14.7 Å². The first-order chi connectivity index (χ1) is 16.0. The maximum Gasteiger partial charge on any atom is 0.119 e. The van der Waals surface area contributed by atoms with Crippen LogP contribution < -0.4 is 4.74 Å². The van der Waals surface area contributed by atoms with Crippen molar-refractivity contribution in [3.05, 3.63) is 30.3 Å². The van der Waals surface area contributed by atoms with Gasteiger partial charge in [-0.25, -0.2) is 0 Å². The minimum absolute atomic E-state index is 0.834. The molecular weight excluding hydrogens is 406 g/mol. The number of likely N-dealkylation sites (tertiary alicyclic amines) is 2. The summed E-state index contributed by atoms with van der Waals surface area (Å²) in [6, 6.07) is 10.9.